The Morgan fingerprint density at radius 2 is 2.36 bits per heavy atom. The zero-order chi connectivity index (χ0) is 9.97. The quantitative estimate of drug-likeness (QED) is 0.626. The van der Waals surface area contributed by atoms with Crippen LogP contribution in [0.5, 0.6) is 5.88 Å². The maximum Gasteiger partial charge on any atom is 0.410 e. The first-order valence-electron chi connectivity index (χ1n) is 3.99. The minimum absolute atomic E-state index is 0.115. The van der Waals surface area contributed by atoms with Gasteiger partial charge in [0.2, 0.25) is 5.69 Å². The van der Waals surface area contributed by atoms with Gasteiger partial charge in [-0.25, -0.2) is 4.98 Å². The molecule has 0 spiro atoms. The Morgan fingerprint density at radius 3 is 3.14 bits per heavy atom. The summed E-state index contributed by atoms with van der Waals surface area (Å²) in [5, 5.41) is 0. The summed E-state index contributed by atoms with van der Waals surface area (Å²) in [5.41, 5.74) is 5.26. The van der Waals surface area contributed by atoms with Crippen molar-refractivity contribution in [3.05, 3.63) is 36.5 Å². The van der Waals surface area contributed by atoms with Crippen LogP contribution < -0.4 is 15.0 Å². The molecule has 2 heterocycles. The molecule has 0 aliphatic carbocycles. The van der Waals surface area contributed by atoms with Crippen LogP contribution in [0.1, 0.15) is 10.5 Å². The molecule has 0 bridgehead atoms. The SMILES string of the molecule is NC(=O)c1ncc[n+]2c1OC=CC=C2. The molecule has 1 aliphatic rings. The van der Waals surface area contributed by atoms with Crippen LogP contribution in [0.4, 0.5) is 0 Å². The number of primary amides is 1. The molecule has 0 fully saturated rings. The van der Waals surface area contributed by atoms with Gasteiger partial charge in [-0.3, -0.25) is 4.79 Å². The molecule has 2 rings (SSSR count). The summed E-state index contributed by atoms with van der Waals surface area (Å²) >= 11 is 0. The van der Waals surface area contributed by atoms with Gasteiger partial charge >= 0.3 is 5.88 Å². The van der Waals surface area contributed by atoms with Gasteiger partial charge in [-0.15, -0.1) is 4.57 Å². The summed E-state index contributed by atoms with van der Waals surface area (Å²) < 4.78 is 6.83. The van der Waals surface area contributed by atoms with Crippen molar-refractivity contribution in [1.29, 1.82) is 0 Å². The van der Waals surface area contributed by atoms with Crippen LogP contribution in [0.2, 0.25) is 0 Å². The van der Waals surface area contributed by atoms with Gasteiger partial charge in [-0.1, -0.05) is 0 Å². The molecule has 0 saturated carbocycles. The molecule has 5 nitrogen and oxygen atoms in total. The maximum atomic E-state index is 11.0. The number of ether oxygens (including phenoxy) is 1. The lowest BCUT2D eigenvalue weighted by Gasteiger charge is -1.99. The molecule has 0 aromatic carbocycles. The lowest BCUT2D eigenvalue weighted by Crippen LogP contribution is -2.31. The van der Waals surface area contributed by atoms with Crippen molar-refractivity contribution in [3.8, 4) is 5.88 Å². The van der Waals surface area contributed by atoms with Crippen LogP contribution >= 0.6 is 0 Å². The third kappa shape index (κ3) is 1.35. The fourth-order valence-electron chi connectivity index (χ4n) is 1.12. The average molecular weight is 190 g/mol. The average Bonchev–Trinajstić information content (AvgIpc) is 2.41. The highest BCUT2D eigenvalue weighted by molar-refractivity contribution is 5.92. The predicted octanol–water partition coefficient (Wildman–Crippen LogP) is -0.155. The third-order valence-corrected chi connectivity index (χ3v) is 1.72. The van der Waals surface area contributed by atoms with Crippen molar-refractivity contribution in [2.75, 3.05) is 0 Å². The highest BCUT2D eigenvalue weighted by atomic mass is 16.5. The van der Waals surface area contributed by atoms with E-state index in [0.717, 1.165) is 0 Å². The molecule has 0 radical (unpaired) electrons. The Balaban J connectivity index is 2.61. The first-order valence-corrected chi connectivity index (χ1v) is 3.99. The van der Waals surface area contributed by atoms with E-state index < -0.39 is 5.91 Å². The first-order chi connectivity index (χ1) is 6.79. The summed E-state index contributed by atoms with van der Waals surface area (Å²) in [4.78, 5) is 14.8. The molecule has 1 amide bonds. The normalized spacial score (nSPS) is 12.9. The predicted molar refractivity (Wildman–Crippen MR) is 48.0 cm³/mol. The number of nitrogens with zero attached hydrogens (tertiary/aromatic N) is 2. The van der Waals surface area contributed by atoms with E-state index in [1.165, 1.54) is 12.5 Å². The van der Waals surface area contributed by atoms with E-state index in [-0.39, 0.29) is 5.69 Å². The fourth-order valence-corrected chi connectivity index (χ4v) is 1.12. The zero-order valence-electron chi connectivity index (χ0n) is 7.25. The van der Waals surface area contributed by atoms with Gasteiger partial charge < -0.3 is 10.5 Å². The van der Waals surface area contributed by atoms with Crippen molar-refractivity contribution >= 4 is 12.1 Å². The van der Waals surface area contributed by atoms with Crippen LogP contribution in [-0.2, 0) is 0 Å². The number of amides is 1. The third-order valence-electron chi connectivity index (χ3n) is 1.72. The number of allylic oxidation sites excluding steroid dienone is 2. The van der Waals surface area contributed by atoms with E-state index in [1.54, 1.807) is 29.1 Å². The van der Waals surface area contributed by atoms with Crippen LogP contribution in [0.25, 0.3) is 6.20 Å². The fraction of sp³-hybridized carbons (Fsp3) is 0. The summed E-state index contributed by atoms with van der Waals surface area (Å²) in [5.74, 6) is -0.289. The summed E-state index contributed by atoms with van der Waals surface area (Å²) in [6.45, 7) is 0. The Kier molecular flexibility index (Phi) is 1.98. The number of carbonyl (C=O) groups excluding carboxylic acids is 1. The number of nitrogens with two attached hydrogens (primary N) is 1. The van der Waals surface area contributed by atoms with Gasteiger partial charge in [0.25, 0.3) is 5.91 Å². The molecule has 70 valence electrons. The molecule has 14 heavy (non-hydrogen) atoms. The number of hydrogen-bond donors (Lipinski definition) is 1. The minimum Gasteiger partial charge on any atom is -0.411 e. The second kappa shape index (κ2) is 3.29. The van der Waals surface area contributed by atoms with Crippen LogP contribution in [-0.4, -0.2) is 10.9 Å². The van der Waals surface area contributed by atoms with E-state index in [1.807, 2.05) is 0 Å². The van der Waals surface area contributed by atoms with Crippen LogP contribution in [0, 0.1) is 0 Å². The van der Waals surface area contributed by atoms with Gasteiger partial charge in [0.1, 0.15) is 0 Å². The standard InChI is InChI=1S/C9H7N3O2/c10-8(13)7-9-12(5-3-11-7)4-1-2-6-14-9/h1-6H,(H-,10,13)/p+1. The van der Waals surface area contributed by atoms with Crippen molar-refractivity contribution in [2.45, 2.75) is 0 Å². The lowest BCUT2D eigenvalue weighted by molar-refractivity contribution is -0.575. The van der Waals surface area contributed by atoms with E-state index in [0.29, 0.717) is 5.88 Å². The molecular weight excluding hydrogens is 182 g/mol. The first kappa shape index (κ1) is 8.43. The van der Waals surface area contributed by atoms with Gasteiger partial charge in [0.05, 0.1) is 12.5 Å². The number of fused-ring (bicyclic) bond motifs is 1. The van der Waals surface area contributed by atoms with Gasteiger partial charge in [-0.05, 0) is 6.08 Å². The summed E-state index contributed by atoms with van der Waals surface area (Å²) in [6, 6.07) is 0. The monoisotopic (exact) mass is 190 g/mol. The van der Waals surface area contributed by atoms with Crippen molar-refractivity contribution in [2.24, 2.45) is 5.73 Å². The Hall–Kier alpha value is -2.17. The minimum atomic E-state index is -0.613. The molecule has 0 atom stereocenters. The van der Waals surface area contributed by atoms with Crippen molar-refractivity contribution < 1.29 is 14.1 Å². The zero-order valence-corrected chi connectivity index (χ0v) is 7.25. The second-order valence-corrected chi connectivity index (χ2v) is 2.64. The molecule has 2 N–H and O–H groups in total. The van der Waals surface area contributed by atoms with Crippen molar-refractivity contribution in [3.63, 3.8) is 0 Å². The van der Waals surface area contributed by atoms with Crippen molar-refractivity contribution in [1.82, 2.24) is 4.98 Å². The van der Waals surface area contributed by atoms with E-state index >= 15 is 0 Å². The Bertz CT molecular complexity index is 438. The largest absolute Gasteiger partial charge is 0.411 e. The number of rotatable bonds is 1. The van der Waals surface area contributed by atoms with E-state index in [2.05, 4.69) is 4.98 Å². The molecular formula is C9H8N3O2+. The van der Waals surface area contributed by atoms with E-state index in [4.69, 9.17) is 10.5 Å². The number of aromatic nitrogens is 2. The second-order valence-electron chi connectivity index (χ2n) is 2.64. The lowest BCUT2D eigenvalue weighted by atomic mass is 10.4. The molecule has 0 saturated heterocycles. The smallest absolute Gasteiger partial charge is 0.410 e. The maximum absolute atomic E-state index is 11.0. The number of hydrogen-bond acceptors (Lipinski definition) is 3. The molecule has 0 unspecified atom stereocenters. The Morgan fingerprint density at radius 1 is 1.50 bits per heavy atom. The molecule has 1 aromatic rings. The molecule has 1 aliphatic heterocycles. The summed E-state index contributed by atoms with van der Waals surface area (Å²) in [7, 11) is 0. The van der Waals surface area contributed by atoms with Gasteiger partial charge in [-0.2, -0.15) is 0 Å². The van der Waals surface area contributed by atoms with Crippen LogP contribution in [0.15, 0.2) is 30.8 Å². The van der Waals surface area contributed by atoms with E-state index in [9.17, 15) is 4.79 Å². The van der Waals surface area contributed by atoms with Crippen LogP contribution in [0.3, 0.4) is 0 Å². The summed E-state index contributed by atoms with van der Waals surface area (Å²) in [6.07, 6.45) is 9.85. The topological polar surface area (TPSA) is 69.1 Å². The molecule has 1 aromatic heterocycles. The van der Waals surface area contributed by atoms with Gasteiger partial charge in [0, 0.05) is 6.08 Å². The Labute approximate surface area is 80.1 Å². The molecule has 5 heteroatoms. The van der Waals surface area contributed by atoms with Gasteiger partial charge in [0.15, 0.2) is 12.4 Å². The number of carbonyl (C=O) groups is 1. The highest BCUT2D eigenvalue weighted by Crippen LogP contribution is 2.10. The highest BCUT2D eigenvalue weighted by Gasteiger charge is 2.22.